The van der Waals surface area contributed by atoms with E-state index in [0.29, 0.717) is 0 Å². The molecule has 0 aliphatic rings. The summed E-state index contributed by atoms with van der Waals surface area (Å²) in [7, 11) is -1.79. The van der Waals surface area contributed by atoms with Crippen LogP contribution in [0.3, 0.4) is 0 Å². The van der Waals surface area contributed by atoms with E-state index >= 15 is 0 Å². The number of nitrogens with zero attached hydrogens (tertiary/aromatic N) is 1. The fourth-order valence-corrected chi connectivity index (χ4v) is 3.18. The fraction of sp³-hybridized carbons (Fsp3) is 0.500. The van der Waals surface area contributed by atoms with E-state index in [4.69, 9.17) is 9.84 Å². The Kier molecular flexibility index (Phi) is 4.00. The molecule has 0 aliphatic carbocycles. The van der Waals surface area contributed by atoms with Gasteiger partial charge in [0.05, 0.1) is 12.3 Å². The molecule has 8 heteroatoms. The first-order chi connectivity index (χ1) is 7.33. The molecular formula is C8H11NO5S2. The minimum Gasteiger partial charge on any atom is -0.477 e. The van der Waals surface area contributed by atoms with Crippen molar-refractivity contribution >= 4 is 27.1 Å². The van der Waals surface area contributed by atoms with Gasteiger partial charge in [-0.25, -0.2) is 18.2 Å². The maximum absolute atomic E-state index is 11.0. The predicted octanol–water partition coefficient (Wildman–Crippen LogP) is 0.532. The Hall–Kier alpha value is -0.990. The molecule has 6 nitrogen and oxygen atoms in total. The van der Waals surface area contributed by atoms with Gasteiger partial charge in [0.2, 0.25) is 0 Å². The first-order valence-electron chi connectivity index (χ1n) is 4.22. The van der Waals surface area contributed by atoms with Gasteiger partial charge in [-0.3, -0.25) is 0 Å². The van der Waals surface area contributed by atoms with E-state index in [-0.39, 0.29) is 27.9 Å². The molecule has 0 atom stereocenters. The van der Waals surface area contributed by atoms with Crippen molar-refractivity contribution in [2.24, 2.45) is 0 Å². The zero-order valence-corrected chi connectivity index (χ0v) is 10.4. The lowest BCUT2D eigenvalue weighted by atomic mass is 10.4. The van der Waals surface area contributed by atoms with Crippen LogP contribution in [0.1, 0.15) is 20.4 Å². The van der Waals surface area contributed by atoms with Crippen LogP contribution >= 0.6 is 11.3 Å². The van der Waals surface area contributed by atoms with Crippen molar-refractivity contribution in [3.05, 3.63) is 15.6 Å². The average Bonchev–Trinajstić information content (AvgIpc) is 2.45. The molecule has 0 radical (unpaired) electrons. The lowest BCUT2D eigenvalue weighted by Gasteiger charge is -1.94. The molecule has 16 heavy (non-hydrogen) atoms. The molecule has 90 valence electrons. The van der Waals surface area contributed by atoms with Crippen LogP contribution in [0.15, 0.2) is 0 Å². The highest BCUT2D eigenvalue weighted by Gasteiger charge is 2.19. The minimum absolute atomic E-state index is 0.0282. The smallest absolute Gasteiger partial charge is 0.347 e. The second kappa shape index (κ2) is 4.89. The molecule has 0 spiro atoms. The van der Waals surface area contributed by atoms with E-state index < -0.39 is 15.8 Å². The Morgan fingerprint density at radius 2 is 2.19 bits per heavy atom. The maximum Gasteiger partial charge on any atom is 0.347 e. The Bertz CT molecular complexity index is 491. The minimum atomic E-state index is -3.21. The molecule has 0 fully saturated rings. The average molecular weight is 265 g/mol. The number of methoxy groups -OCH3 is 1. The number of ether oxygens (including phenoxy) is 1. The van der Waals surface area contributed by atoms with Gasteiger partial charge in [-0.1, -0.05) is 0 Å². The summed E-state index contributed by atoms with van der Waals surface area (Å²) in [4.78, 5) is 14.8. The number of carboxylic acid groups (broad SMARTS) is 1. The van der Waals surface area contributed by atoms with Crippen LogP contribution in [0.5, 0.6) is 0 Å². The van der Waals surface area contributed by atoms with Crippen molar-refractivity contribution < 1.29 is 23.1 Å². The van der Waals surface area contributed by atoms with Gasteiger partial charge in [-0.05, 0) is 0 Å². The lowest BCUT2D eigenvalue weighted by molar-refractivity contribution is 0.0697. The summed E-state index contributed by atoms with van der Waals surface area (Å²) in [5.41, 5.74) is 0.263. The fourth-order valence-electron chi connectivity index (χ4n) is 1.09. The molecule has 1 aromatic rings. The van der Waals surface area contributed by atoms with E-state index in [2.05, 4.69) is 4.98 Å². The molecule has 0 aliphatic heterocycles. The third-order valence-corrected chi connectivity index (χ3v) is 3.67. The Balaban J connectivity index is 3.06. The number of aromatic carboxylic acids is 1. The van der Waals surface area contributed by atoms with Gasteiger partial charge < -0.3 is 9.84 Å². The van der Waals surface area contributed by atoms with Crippen LogP contribution in [0.2, 0.25) is 0 Å². The number of carboxylic acids is 1. The summed E-state index contributed by atoms with van der Waals surface area (Å²) in [6.07, 6.45) is 1.07. The SMILES string of the molecule is COCc1nc(CS(C)(=O)=O)sc1C(=O)O. The zero-order chi connectivity index (χ0) is 12.3. The van der Waals surface area contributed by atoms with Crippen LogP contribution < -0.4 is 0 Å². The summed E-state index contributed by atoms with van der Waals surface area (Å²) in [6, 6.07) is 0. The van der Waals surface area contributed by atoms with Gasteiger partial charge in [0.15, 0.2) is 9.84 Å². The summed E-state index contributed by atoms with van der Waals surface area (Å²) in [5, 5.41) is 9.14. The van der Waals surface area contributed by atoms with Gasteiger partial charge >= 0.3 is 5.97 Å². The first kappa shape index (κ1) is 13.1. The van der Waals surface area contributed by atoms with Crippen molar-refractivity contribution in [1.82, 2.24) is 4.98 Å². The van der Waals surface area contributed by atoms with Crippen LogP contribution in [0.25, 0.3) is 0 Å². The molecule has 1 heterocycles. The highest BCUT2D eigenvalue weighted by atomic mass is 32.2. The van der Waals surface area contributed by atoms with E-state index in [9.17, 15) is 13.2 Å². The quantitative estimate of drug-likeness (QED) is 0.834. The zero-order valence-electron chi connectivity index (χ0n) is 8.76. The molecule has 1 aromatic heterocycles. The van der Waals surface area contributed by atoms with Crippen LogP contribution in [-0.2, 0) is 26.9 Å². The molecule has 0 saturated heterocycles. The Labute approximate surface area is 96.8 Å². The van der Waals surface area contributed by atoms with Crippen LogP contribution in [0.4, 0.5) is 0 Å². The molecule has 0 aromatic carbocycles. The van der Waals surface area contributed by atoms with Gasteiger partial charge in [-0.2, -0.15) is 0 Å². The van der Waals surface area contributed by atoms with Crippen molar-refractivity contribution in [3.8, 4) is 0 Å². The van der Waals surface area contributed by atoms with E-state index in [1.54, 1.807) is 0 Å². The molecular weight excluding hydrogens is 254 g/mol. The summed E-state index contributed by atoms with van der Waals surface area (Å²) < 4.78 is 26.9. The number of rotatable bonds is 5. The molecule has 0 amide bonds. The van der Waals surface area contributed by atoms with Crippen molar-refractivity contribution in [2.75, 3.05) is 13.4 Å². The molecule has 0 saturated carbocycles. The number of carbonyl (C=O) groups is 1. The molecule has 1 N–H and O–H groups in total. The second-order valence-corrected chi connectivity index (χ2v) is 6.42. The van der Waals surface area contributed by atoms with Crippen molar-refractivity contribution in [2.45, 2.75) is 12.4 Å². The number of hydrogen-bond donors (Lipinski definition) is 1. The third-order valence-electron chi connectivity index (χ3n) is 1.60. The standard InChI is InChI=1S/C8H11NO5S2/c1-14-3-5-7(8(10)11)15-6(9-5)4-16(2,12)13/h3-4H2,1-2H3,(H,10,11). The van der Waals surface area contributed by atoms with Crippen LogP contribution in [-0.4, -0.2) is 37.8 Å². The number of hydrogen-bond acceptors (Lipinski definition) is 6. The van der Waals surface area contributed by atoms with Gasteiger partial charge in [-0.15, -0.1) is 11.3 Å². The van der Waals surface area contributed by atoms with Gasteiger partial charge in [0, 0.05) is 13.4 Å². The highest BCUT2D eigenvalue weighted by Crippen LogP contribution is 2.21. The van der Waals surface area contributed by atoms with E-state index in [1.807, 2.05) is 0 Å². The summed E-state index contributed by atoms with van der Waals surface area (Å²) in [5.74, 6) is -1.37. The molecule has 1 rings (SSSR count). The number of aromatic nitrogens is 1. The summed E-state index contributed by atoms with van der Waals surface area (Å²) in [6.45, 7) is 0.0574. The topological polar surface area (TPSA) is 93.6 Å². The van der Waals surface area contributed by atoms with Gasteiger partial charge in [0.1, 0.15) is 15.6 Å². The second-order valence-electron chi connectivity index (χ2n) is 3.19. The number of sulfone groups is 1. The normalized spacial score (nSPS) is 11.6. The van der Waals surface area contributed by atoms with Crippen LogP contribution in [0, 0.1) is 0 Å². The van der Waals surface area contributed by atoms with E-state index in [1.165, 1.54) is 7.11 Å². The summed E-state index contributed by atoms with van der Waals surface area (Å²) >= 11 is 0.865. The van der Waals surface area contributed by atoms with Crippen molar-refractivity contribution in [3.63, 3.8) is 0 Å². The predicted molar refractivity (Wildman–Crippen MR) is 58.3 cm³/mol. The molecule has 0 bridgehead atoms. The maximum atomic E-state index is 11.0. The monoisotopic (exact) mass is 265 g/mol. The van der Waals surface area contributed by atoms with Gasteiger partial charge in [0.25, 0.3) is 0 Å². The molecule has 0 unspecified atom stereocenters. The lowest BCUT2D eigenvalue weighted by Crippen LogP contribution is -2.01. The highest BCUT2D eigenvalue weighted by molar-refractivity contribution is 7.90. The largest absolute Gasteiger partial charge is 0.477 e. The first-order valence-corrected chi connectivity index (χ1v) is 7.09. The third kappa shape index (κ3) is 3.54. The Morgan fingerprint density at radius 1 is 1.56 bits per heavy atom. The Morgan fingerprint density at radius 3 is 2.62 bits per heavy atom. The van der Waals surface area contributed by atoms with Crippen molar-refractivity contribution in [1.29, 1.82) is 0 Å². The van der Waals surface area contributed by atoms with E-state index in [0.717, 1.165) is 17.6 Å². The number of thiazole rings is 1.